The van der Waals surface area contributed by atoms with Crippen LogP contribution in [0.15, 0.2) is 11.1 Å². The van der Waals surface area contributed by atoms with Crippen LogP contribution in [0.1, 0.15) is 20.1 Å². The van der Waals surface area contributed by atoms with Crippen molar-refractivity contribution in [2.24, 2.45) is 5.92 Å². The molecule has 1 saturated heterocycles. The minimum Gasteiger partial charge on any atom is -0.394 e. The molecule has 0 aliphatic carbocycles. The minimum absolute atomic E-state index is 0.160. The van der Waals surface area contributed by atoms with Crippen molar-refractivity contribution >= 4 is 11.9 Å². The van der Waals surface area contributed by atoms with E-state index in [1.54, 1.807) is 13.8 Å². The fourth-order valence-electron chi connectivity index (χ4n) is 1.94. The highest BCUT2D eigenvalue weighted by Gasteiger charge is 2.43. The number of aromatic nitrogens is 3. The van der Waals surface area contributed by atoms with Gasteiger partial charge in [-0.25, -0.2) is 9.78 Å². The average molecular weight is 314 g/mol. The first-order chi connectivity index (χ1) is 10.3. The van der Waals surface area contributed by atoms with Gasteiger partial charge in [0.25, 0.3) is 0 Å². The third-order valence-corrected chi connectivity index (χ3v) is 3.28. The number of carbonyl (C=O) groups is 1. The Morgan fingerprint density at radius 1 is 1.45 bits per heavy atom. The van der Waals surface area contributed by atoms with Crippen LogP contribution in [0.4, 0.5) is 5.95 Å². The van der Waals surface area contributed by atoms with Gasteiger partial charge >= 0.3 is 5.69 Å². The van der Waals surface area contributed by atoms with Crippen molar-refractivity contribution in [1.29, 1.82) is 0 Å². The van der Waals surface area contributed by atoms with Gasteiger partial charge in [-0.05, 0) is 0 Å². The lowest BCUT2D eigenvalue weighted by Crippen LogP contribution is -2.36. The van der Waals surface area contributed by atoms with Crippen molar-refractivity contribution in [2.75, 3.05) is 11.9 Å². The molecule has 0 bridgehead atoms. The van der Waals surface area contributed by atoms with Gasteiger partial charge in [-0.15, -0.1) is 0 Å². The molecule has 0 spiro atoms. The highest BCUT2D eigenvalue weighted by Crippen LogP contribution is 2.27. The number of anilines is 1. The van der Waals surface area contributed by atoms with Crippen LogP contribution in [0, 0.1) is 5.92 Å². The smallest absolute Gasteiger partial charge is 0.354 e. The maximum atomic E-state index is 12.0. The van der Waals surface area contributed by atoms with E-state index in [-0.39, 0.29) is 17.8 Å². The van der Waals surface area contributed by atoms with Crippen LogP contribution in [-0.2, 0) is 9.53 Å². The zero-order valence-corrected chi connectivity index (χ0v) is 12.1. The van der Waals surface area contributed by atoms with E-state index in [1.807, 2.05) is 0 Å². The maximum absolute atomic E-state index is 12.0. The number of rotatable bonds is 4. The van der Waals surface area contributed by atoms with Gasteiger partial charge in [0.05, 0.1) is 6.61 Å². The molecule has 1 aliphatic heterocycles. The molecule has 1 aromatic rings. The second kappa shape index (κ2) is 6.48. The summed E-state index contributed by atoms with van der Waals surface area (Å²) < 4.78 is 6.09. The number of nitrogens with one attached hydrogen (secondary N) is 1. The highest BCUT2D eigenvalue weighted by molar-refractivity contribution is 5.90. The third kappa shape index (κ3) is 3.14. The van der Waals surface area contributed by atoms with Crippen molar-refractivity contribution in [3.63, 3.8) is 0 Å². The van der Waals surface area contributed by atoms with Gasteiger partial charge < -0.3 is 20.1 Å². The maximum Gasteiger partial charge on any atom is 0.354 e. The molecule has 10 nitrogen and oxygen atoms in total. The molecule has 1 fully saturated rings. The van der Waals surface area contributed by atoms with Crippen LogP contribution in [0.5, 0.6) is 0 Å². The summed E-state index contributed by atoms with van der Waals surface area (Å²) in [5.41, 5.74) is -0.816. The van der Waals surface area contributed by atoms with E-state index in [4.69, 9.17) is 9.84 Å². The summed E-state index contributed by atoms with van der Waals surface area (Å²) in [7, 11) is 0. The van der Waals surface area contributed by atoms with Crippen molar-refractivity contribution in [2.45, 2.75) is 38.4 Å². The van der Waals surface area contributed by atoms with Crippen LogP contribution in [0.3, 0.4) is 0 Å². The van der Waals surface area contributed by atoms with E-state index in [2.05, 4.69) is 15.3 Å². The van der Waals surface area contributed by atoms with E-state index in [0.717, 1.165) is 10.9 Å². The molecule has 122 valence electrons. The fraction of sp³-hybridized carbons (Fsp3) is 0.667. The predicted molar refractivity (Wildman–Crippen MR) is 72.8 cm³/mol. The van der Waals surface area contributed by atoms with E-state index in [0.29, 0.717) is 0 Å². The molecule has 4 atom stereocenters. The second-order valence-electron chi connectivity index (χ2n) is 5.24. The van der Waals surface area contributed by atoms with Crippen molar-refractivity contribution in [3.05, 3.63) is 16.8 Å². The molecule has 0 saturated carbocycles. The number of aliphatic hydroxyl groups is 3. The largest absolute Gasteiger partial charge is 0.394 e. The first kappa shape index (κ1) is 16.5. The Kier molecular flexibility index (Phi) is 4.86. The van der Waals surface area contributed by atoms with Crippen LogP contribution < -0.4 is 11.0 Å². The number of hydrogen-bond donors (Lipinski definition) is 4. The number of ether oxygens (including phenoxy) is 1. The number of carbonyl (C=O) groups excluding carboxylic acids is 1. The summed E-state index contributed by atoms with van der Waals surface area (Å²) in [5.74, 6) is -0.803. The minimum atomic E-state index is -1.41. The van der Waals surface area contributed by atoms with Crippen LogP contribution in [-0.4, -0.2) is 60.7 Å². The Bertz CT molecular complexity index is 604. The van der Waals surface area contributed by atoms with Gasteiger partial charge in [-0.2, -0.15) is 4.98 Å². The summed E-state index contributed by atoms with van der Waals surface area (Å²) in [6.07, 6.45) is -3.91. The molecule has 22 heavy (non-hydrogen) atoms. The molecule has 1 aliphatic rings. The van der Waals surface area contributed by atoms with Crippen molar-refractivity contribution < 1.29 is 24.9 Å². The Labute approximate surface area is 125 Å². The zero-order chi connectivity index (χ0) is 16.4. The standard InChI is InChI=1S/C12H18N4O6/c1-5(2)9(20)14-11-13-4-16(12(21)15-11)10-8(19)7(18)6(3-17)22-10/h4-8,10,17-19H,3H2,1-2H3,(H,14,15,20,21)/t6-,7-,8-,10-/m1/s1. The Morgan fingerprint density at radius 2 is 2.14 bits per heavy atom. The number of hydrogen-bond acceptors (Lipinski definition) is 8. The molecule has 10 heteroatoms. The Morgan fingerprint density at radius 3 is 2.64 bits per heavy atom. The molecule has 0 aromatic carbocycles. The number of amides is 1. The summed E-state index contributed by atoms with van der Waals surface area (Å²) >= 11 is 0. The Hall–Kier alpha value is -1.88. The summed E-state index contributed by atoms with van der Waals surface area (Å²) in [5, 5.41) is 30.9. The summed E-state index contributed by atoms with van der Waals surface area (Å²) in [4.78, 5) is 30.8. The van der Waals surface area contributed by atoms with Crippen molar-refractivity contribution in [3.8, 4) is 0 Å². The highest BCUT2D eigenvalue weighted by atomic mass is 16.6. The number of nitrogens with zero attached hydrogens (tertiary/aromatic N) is 3. The molecule has 2 heterocycles. The van der Waals surface area contributed by atoms with Gasteiger partial charge in [0, 0.05) is 5.92 Å². The van der Waals surface area contributed by atoms with Crippen LogP contribution in [0.25, 0.3) is 0 Å². The van der Waals surface area contributed by atoms with Crippen LogP contribution >= 0.6 is 0 Å². The molecule has 2 rings (SSSR count). The van der Waals surface area contributed by atoms with E-state index < -0.39 is 36.8 Å². The fourth-order valence-corrected chi connectivity index (χ4v) is 1.94. The SMILES string of the molecule is CC(C)C(=O)Nc1ncn([C@@H]2O[C@H](CO)[C@@H](O)[C@H]2O)c(=O)n1. The third-order valence-electron chi connectivity index (χ3n) is 3.28. The van der Waals surface area contributed by atoms with Crippen LogP contribution in [0.2, 0.25) is 0 Å². The monoisotopic (exact) mass is 314 g/mol. The first-order valence-electron chi connectivity index (χ1n) is 6.73. The van der Waals surface area contributed by atoms with Gasteiger partial charge in [0.1, 0.15) is 24.6 Å². The van der Waals surface area contributed by atoms with E-state index >= 15 is 0 Å². The molecular formula is C12H18N4O6. The molecule has 0 unspecified atom stereocenters. The van der Waals surface area contributed by atoms with Gasteiger partial charge in [0.2, 0.25) is 11.9 Å². The normalized spacial score (nSPS) is 28.1. The lowest BCUT2D eigenvalue weighted by molar-refractivity contribution is -0.118. The molecule has 4 N–H and O–H groups in total. The lowest BCUT2D eigenvalue weighted by Gasteiger charge is -2.16. The summed E-state index contributed by atoms with van der Waals surface area (Å²) in [6, 6.07) is 0. The number of aliphatic hydroxyl groups excluding tert-OH is 3. The van der Waals surface area contributed by atoms with E-state index in [9.17, 15) is 19.8 Å². The average Bonchev–Trinajstić information content (AvgIpc) is 2.75. The second-order valence-corrected chi connectivity index (χ2v) is 5.24. The lowest BCUT2D eigenvalue weighted by atomic mass is 10.1. The van der Waals surface area contributed by atoms with Gasteiger partial charge in [-0.3, -0.25) is 14.7 Å². The molecule has 1 amide bonds. The Balaban J connectivity index is 2.20. The molecular weight excluding hydrogens is 296 g/mol. The zero-order valence-electron chi connectivity index (χ0n) is 12.1. The van der Waals surface area contributed by atoms with Gasteiger partial charge in [-0.1, -0.05) is 13.8 Å². The van der Waals surface area contributed by atoms with Gasteiger partial charge in [0.15, 0.2) is 6.23 Å². The molecule has 1 aromatic heterocycles. The molecule has 0 radical (unpaired) electrons. The first-order valence-corrected chi connectivity index (χ1v) is 6.73. The quantitative estimate of drug-likeness (QED) is 0.491. The topological polar surface area (TPSA) is 147 Å². The summed E-state index contributed by atoms with van der Waals surface area (Å²) in [6.45, 7) is 2.85. The van der Waals surface area contributed by atoms with Crippen molar-refractivity contribution in [1.82, 2.24) is 14.5 Å². The van der Waals surface area contributed by atoms with E-state index in [1.165, 1.54) is 0 Å². The predicted octanol–water partition coefficient (Wildman–Crippen LogP) is -2.16.